The van der Waals surface area contributed by atoms with Crippen molar-refractivity contribution in [1.29, 1.82) is 0 Å². The van der Waals surface area contributed by atoms with E-state index < -0.39 is 31.0 Å². The number of rotatable bonds is 4. The van der Waals surface area contributed by atoms with E-state index in [2.05, 4.69) is 0 Å². The molecule has 0 aliphatic heterocycles. The summed E-state index contributed by atoms with van der Waals surface area (Å²) in [5.74, 6) is 0. The second-order valence-corrected chi connectivity index (χ2v) is 2.62. The Bertz CT molecular complexity index is 102. The molecule has 0 radical (unpaired) electrons. The first kappa shape index (κ1) is 10.8. The van der Waals surface area contributed by atoms with Gasteiger partial charge in [-0.3, -0.25) is 0 Å². The van der Waals surface area contributed by atoms with Gasteiger partial charge in [0, 0.05) is 0 Å². The molecule has 5 nitrogen and oxygen atoms in total. The van der Waals surface area contributed by atoms with E-state index in [1.807, 2.05) is 0 Å². The number of hydrogen-bond acceptors (Lipinski definition) is 5. The molecule has 0 bridgehead atoms. The van der Waals surface area contributed by atoms with E-state index in [1.165, 1.54) is 0 Å². The molecule has 0 saturated heterocycles. The van der Waals surface area contributed by atoms with Crippen LogP contribution in [0.15, 0.2) is 0 Å². The van der Waals surface area contributed by atoms with Crippen LogP contribution in [-0.4, -0.2) is 56.6 Å². The minimum Gasteiger partial charge on any atom is -0.394 e. The Labute approximate surface area is 64.5 Å². The highest BCUT2D eigenvalue weighted by atomic mass is 16.4. The average Bonchev–Trinajstić information content (AvgIpc) is 2.01. The van der Waals surface area contributed by atoms with Gasteiger partial charge in [0.25, 0.3) is 0 Å². The minimum absolute atomic E-state index is 0.663. The summed E-state index contributed by atoms with van der Waals surface area (Å²) >= 11 is 0. The van der Waals surface area contributed by atoms with E-state index in [-0.39, 0.29) is 0 Å². The van der Waals surface area contributed by atoms with E-state index in [0.29, 0.717) is 0 Å². The fourth-order valence-electron chi connectivity index (χ4n) is 0.592. The van der Waals surface area contributed by atoms with Crippen molar-refractivity contribution in [2.24, 2.45) is 0 Å². The van der Waals surface area contributed by atoms with Gasteiger partial charge in [-0.05, 0) is 6.92 Å². The Morgan fingerprint density at radius 1 is 1.09 bits per heavy atom. The molecule has 0 heterocycles. The second kappa shape index (κ2) is 3.99. The molecule has 2 unspecified atom stereocenters. The SMILES string of the molecule is CC(O)(C(O)CO)C(O)CO. The summed E-state index contributed by atoms with van der Waals surface area (Å²) < 4.78 is 0. The molecule has 5 N–H and O–H groups in total. The smallest absolute Gasteiger partial charge is 0.118 e. The molecule has 0 amide bonds. The van der Waals surface area contributed by atoms with Gasteiger partial charge in [0.05, 0.1) is 13.2 Å². The molecule has 0 saturated carbocycles. The molecule has 0 spiro atoms. The topological polar surface area (TPSA) is 101 Å². The molecule has 0 aliphatic carbocycles. The second-order valence-electron chi connectivity index (χ2n) is 2.62. The highest BCUT2D eigenvalue weighted by Crippen LogP contribution is 2.14. The number of aliphatic hydroxyl groups excluding tert-OH is 4. The Morgan fingerprint density at radius 3 is 1.55 bits per heavy atom. The van der Waals surface area contributed by atoms with Crippen molar-refractivity contribution >= 4 is 0 Å². The zero-order chi connectivity index (χ0) is 9.07. The lowest BCUT2D eigenvalue weighted by Crippen LogP contribution is -2.52. The van der Waals surface area contributed by atoms with E-state index in [1.54, 1.807) is 0 Å². The summed E-state index contributed by atoms with van der Waals surface area (Å²) in [6.07, 6.45) is -2.91. The Kier molecular flexibility index (Phi) is 3.91. The van der Waals surface area contributed by atoms with Gasteiger partial charge in [0.1, 0.15) is 17.8 Å². The van der Waals surface area contributed by atoms with Crippen molar-refractivity contribution in [1.82, 2.24) is 0 Å². The van der Waals surface area contributed by atoms with Crippen LogP contribution < -0.4 is 0 Å². The van der Waals surface area contributed by atoms with Crippen molar-refractivity contribution in [2.45, 2.75) is 24.7 Å². The third-order valence-corrected chi connectivity index (χ3v) is 1.70. The lowest BCUT2D eigenvalue weighted by molar-refractivity contribution is -0.156. The quantitative estimate of drug-likeness (QED) is 0.316. The molecule has 0 fully saturated rings. The van der Waals surface area contributed by atoms with Gasteiger partial charge in [-0.15, -0.1) is 0 Å². The van der Waals surface area contributed by atoms with Crippen LogP contribution in [0, 0.1) is 0 Å². The standard InChI is InChI=1S/C6H14O5/c1-6(11,4(9)2-7)5(10)3-8/h4-5,7-11H,2-3H2,1H3. The summed E-state index contributed by atoms with van der Waals surface area (Å²) in [6, 6.07) is 0. The maximum atomic E-state index is 9.23. The van der Waals surface area contributed by atoms with Crippen molar-refractivity contribution in [3.05, 3.63) is 0 Å². The molecule has 68 valence electrons. The average molecular weight is 166 g/mol. The maximum Gasteiger partial charge on any atom is 0.118 e. The molecular formula is C6H14O5. The fraction of sp³-hybridized carbons (Fsp3) is 1.00. The Hall–Kier alpha value is -0.200. The van der Waals surface area contributed by atoms with Crippen LogP contribution in [0.1, 0.15) is 6.92 Å². The van der Waals surface area contributed by atoms with Crippen molar-refractivity contribution < 1.29 is 25.5 Å². The Balaban J connectivity index is 4.18. The van der Waals surface area contributed by atoms with Gasteiger partial charge in [-0.2, -0.15) is 0 Å². The van der Waals surface area contributed by atoms with Gasteiger partial charge in [-0.1, -0.05) is 0 Å². The zero-order valence-corrected chi connectivity index (χ0v) is 6.30. The number of hydrogen-bond donors (Lipinski definition) is 5. The monoisotopic (exact) mass is 166 g/mol. The van der Waals surface area contributed by atoms with E-state index in [0.717, 1.165) is 6.92 Å². The highest BCUT2D eigenvalue weighted by molar-refractivity contribution is 4.88. The molecular weight excluding hydrogens is 152 g/mol. The first-order valence-corrected chi connectivity index (χ1v) is 3.27. The summed E-state index contributed by atoms with van der Waals surface area (Å²) in [4.78, 5) is 0. The van der Waals surface area contributed by atoms with Crippen LogP contribution in [0.4, 0.5) is 0 Å². The lowest BCUT2D eigenvalue weighted by Gasteiger charge is -2.31. The zero-order valence-electron chi connectivity index (χ0n) is 6.30. The van der Waals surface area contributed by atoms with Crippen molar-refractivity contribution in [3.63, 3.8) is 0 Å². The molecule has 0 aromatic rings. The van der Waals surface area contributed by atoms with Crippen molar-refractivity contribution in [2.75, 3.05) is 13.2 Å². The van der Waals surface area contributed by atoms with Gasteiger partial charge >= 0.3 is 0 Å². The molecule has 0 aromatic heterocycles. The molecule has 5 heteroatoms. The Morgan fingerprint density at radius 2 is 1.36 bits per heavy atom. The van der Waals surface area contributed by atoms with Gasteiger partial charge in [-0.25, -0.2) is 0 Å². The minimum atomic E-state index is -1.87. The summed E-state index contributed by atoms with van der Waals surface area (Å²) in [7, 11) is 0. The normalized spacial score (nSPS) is 22.4. The fourth-order valence-corrected chi connectivity index (χ4v) is 0.592. The predicted molar refractivity (Wildman–Crippen MR) is 36.8 cm³/mol. The maximum absolute atomic E-state index is 9.23. The van der Waals surface area contributed by atoms with Crippen LogP contribution in [0.5, 0.6) is 0 Å². The van der Waals surface area contributed by atoms with Crippen LogP contribution in [0.3, 0.4) is 0 Å². The molecule has 11 heavy (non-hydrogen) atoms. The van der Waals surface area contributed by atoms with Gasteiger partial charge in [0.15, 0.2) is 0 Å². The van der Waals surface area contributed by atoms with Gasteiger partial charge < -0.3 is 25.5 Å². The van der Waals surface area contributed by atoms with E-state index in [4.69, 9.17) is 20.4 Å². The van der Waals surface area contributed by atoms with Crippen LogP contribution in [0.25, 0.3) is 0 Å². The van der Waals surface area contributed by atoms with Crippen LogP contribution in [0.2, 0.25) is 0 Å². The third-order valence-electron chi connectivity index (χ3n) is 1.70. The molecule has 0 aliphatic rings. The van der Waals surface area contributed by atoms with E-state index in [9.17, 15) is 5.11 Å². The largest absolute Gasteiger partial charge is 0.394 e. The predicted octanol–water partition coefficient (Wildman–Crippen LogP) is -2.56. The van der Waals surface area contributed by atoms with E-state index >= 15 is 0 Å². The van der Waals surface area contributed by atoms with Crippen LogP contribution >= 0.6 is 0 Å². The summed E-state index contributed by atoms with van der Waals surface area (Å²) in [5.41, 5.74) is -1.87. The first-order valence-electron chi connectivity index (χ1n) is 3.27. The number of aliphatic hydroxyl groups is 5. The lowest BCUT2D eigenvalue weighted by atomic mass is 9.93. The van der Waals surface area contributed by atoms with Crippen LogP contribution in [-0.2, 0) is 0 Å². The molecule has 0 rings (SSSR count). The summed E-state index contributed by atoms with van der Waals surface area (Å²) in [6.45, 7) is -0.192. The summed E-state index contributed by atoms with van der Waals surface area (Å²) in [5, 5.41) is 43.9. The molecule has 2 atom stereocenters. The highest BCUT2D eigenvalue weighted by Gasteiger charge is 2.37. The van der Waals surface area contributed by atoms with Crippen molar-refractivity contribution in [3.8, 4) is 0 Å². The third kappa shape index (κ3) is 2.39. The van der Waals surface area contributed by atoms with Gasteiger partial charge in [0.2, 0.25) is 0 Å². The molecule has 0 aromatic carbocycles. The first-order chi connectivity index (χ1) is 4.96.